The van der Waals surface area contributed by atoms with Crippen LogP contribution in [0.2, 0.25) is 0 Å². The van der Waals surface area contributed by atoms with E-state index in [0.29, 0.717) is 13.0 Å². The molecule has 0 atom stereocenters. The number of benzene rings is 3. The predicted molar refractivity (Wildman–Crippen MR) is 151 cm³/mol. The number of carboxylic acid groups (broad SMARTS) is 1. The minimum atomic E-state index is -0.772. The van der Waals surface area contributed by atoms with Crippen LogP contribution in [0.15, 0.2) is 104 Å². The van der Waals surface area contributed by atoms with E-state index < -0.39 is 5.97 Å². The Morgan fingerprint density at radius 2 is 1.55 bits per heavy atom. The Labute approximate surface area is 223 Å². The van der Waals surface area contributed by atoms with Crippen molar-refractivity contribution < 1.29 is 14.6 Å². The Morgan fingerprint density at radius 1 is 0.789 bits per heavy atom. The first kappa shape index (κ1) is 25.3. The molecule has 1 N–H and O–H groups in total. The van der Waals surface area contributed by atoms with Gasteiger partial charge in [0.05, 0.1) is 12.1 Å². The molecule has 0 unspecified atom stereocenters. The number of ether oxygens (including phenoxy) is 1. The minimum Gasteiger partial charge on any atom is -0.494 e. The molecule has 5 nitrogen and oxygen atoms in total. The van der Waals surface area contributed by atoms with Crippen LogP contribution in [0.3, 0.4) is 0 Å². The van der Waals surface area contributed by atoms with Crippen LogP contribution in [0.1, 0.15) is 35.1 Å². The number of aliphatic carboxylic acids is 1. The average molecular weight is 505 g/mol. The lowest BCUT2D eigenvalue weighted by atomic mass is 10.0. The van der Waals surface area contributed by atoms with Crippen molar-refractivity contribution in [3.63, 3.8) is 0 Å². The maximum Gasteiger partial charge on any atom is 0.303 e. The van der Waals surface area contributed by atoms with Crippen LogP contribution < -0.4 is 4.74 Å². The number of fused-ring (bicyclic) bond motifs is 1. The van der Waals surface area contributed by atoms with E-state index >= 15 is 0 Å². The standard InChI is InChI=1S/C33H32N2O3/c36-33(37)17-10-27-9-16-32-31(23-27)28(11-8-25-5-2-1-3-6-25)24-35(32)29-12-14-30(15-13-29)38-22-4-7-26-18-20-34-21-19-26/h1-3,5-6,9,12-16,18-21,23-24H,4,7-8,10-11,17,22H2,(H,36,37). The van der Waals surface area contributed by atoms with Crippen molar-refractivity contribution in [1.29, 1.82) is 0 Å². The fourth-order valence-corrected chi connectivity index (χ4v) is 4.81. The Balaban J connectivity index is 1.32. The molecule has 38 heavy (non-hydrogen) atoms. The monoisotopic (exact) mass is 504 g/mol. The van der Waals surface area contributed by atoms with Gasteiger partial charge in [0, 0.05) is 36.1 Å². The van der Waals surface area contributed by atoms with E-state index in [0.717, 1.165) is 48.2 Å². The van der Waals surface area contributed by atoms with Gasteiger partial charge in [-0.1, -0.05) is 36.4 Å². The lowest BCUT2D eigenvalue weighted by molar-refractivity contribution is -0.136. The fourth-order valence-electron chi connectivity index (χ4n) is 4.81. The summed E-state index contributed by atoms with van der Waals surface area (Å²) in [7, 11) is 0. The molecule has 5 heteroatoms. The molecule has 0 bridgehead atoms. The van der Waals surface area contributed by atoms with Crippen molar-refractivity contribution in [2.24, 2.45) is 0 Å². The van der Waals surface area contributed by atoms with Gasteiger partial charge < -0.3 is 14.4 Å². The third-order valence-electron chi connectivity index (χ3n) is 6.85. The Kier molecular flexibility index (Phi) is 8.14. The van der Waals surface area contributed by atoms with Gasteiger partial charge in [-0.2, -0.15) is 0 Å². The summed E-state index contributed by atoms with van der Waals surface area (Å²) in [6, 6.07) is 29.2. The molecule has 0 amide bonds. The van der Waals surface area contributed by atoms with Gasteiger partial charge in [-0.3, -0.25) is 9.78 Å². The van der Waals surface area contributed by atoms with Crippen LogP contribution in [0.4, 0.5) is 0 Å². The van der Waals surface area contributed by atoms with Gasteiger partial charge in [-0.05, 0) is 103 Å². The second-order valence-electron chi connectivity index (χ2n) is 9.56. The van der Waals surface area contributed by atoms with Crippen LogP contribution in [0, 0.1) is 0 Å². The highest BCUT2D eigenvalue weighted by Crippen LogP contribution is 2.29. The number of hydrogen-bond acceptors (Lipinski definition) is 3. The summed E-state index contributed by atoms with van der Waals surface area (Å²) < 4.78 is 8.21. The summed E-state index contributed by atoms with van der Waals surface area (Å²) in [5.41, 5.74) is 7.08. The van der Waals surface area contributed by atoms with Crippen molar-refractivity contribution in [2.45, 2.75) is 38.5 Å². The molecule has 3 aromatic carbocycles. The molecule has 0 spiro atoms. The molecule has 5 aromatic rings. The summed E-state index contributed by atoms with van der Waals surface area (Å²) in [5.74, 6) is 0.0897. The molecular weight excluding hydrogens is 472 g/mol. The first-order valence-corrected chi connectivity index (χ1v) is 13.2. The van der Waals surface area contributed by atoms with Crippen LogP contribution in [-0.4, -0.2) is 27.2 Å². The van der Waals surface area contributed by atoms with Crippen LogP contribution >= 0.6 is 0 Å². The van der Waals surface area contributed by atoms with Gasteiger partial charge in [-0.25, -0.2) is 0 Å². The molecule has 0 aliphatic carbocycles. The van der Waals surface area contributed by atoms with Gasteiger partial charge in [-0.15, -0.1) is 0 Å². The number of aromatic nitrogens is 2. The van der Waals surface area contributed by atoms with Gasteiger partial charge in [0.1, 0.15) is 5.75 Å². The first-order chi connectivity index (χ1) is 18.7. The molecular formula is C33H32N2O3. The molecule has 0 aliphatic heterocycles. The zero-order valence-electron chi connectivity index (χ0n) is 21.4. The number of hydrogen-bond donors (Lipinski definition) is 1. The minimum absolute atomic E-state index is 0.135. The van der Waals surface area contributed by atoms with Gasteiger partial charge in [0.25, 0.3) is 0 Å². The van der Waals surface area contributed by atoms with Crippen LogP contribution in [0.5, 0.6) is 5.75 Å². The zero-order valence-corrected chi connectivity index (χ0v) is 21.4. The second-order valence-corrected chi connectivity index (χ2v) is 9.56. The lowest BCUT2D eigenvalue weighted by Gasteiger charge is -2.09. The molecule has 192 valence electrons. The highest BCUT2D eigenvalue weighted by atomic mass is 16.5. The quantitative estimate of drug-likeness (QED) is 0.189. The Bertz CT molecular complexity index is 1480. The Hall–Kier alpha value is -4.38. The van der Waals surface area contributed by atoms with Gasteiger partial charge in [0.2, 0.25) is 0 Å². The smallest absolute Gasteiger partial charge is 0.303 e. The maximum atomic E-state index is 11.1. The number of aryl methyl sites for hydroxylation is 4. The zero-order chi connectivity index (χ0) is 26.2. The molecule has 2 heterocycles. The predicted octanol–water partition coefficient (Wildman–Crippen LogP) is 6.84. The number of rotatable bonds is 12. The number of nitrogens with zero attached hydrogens (tertiary/aromatic N) is 2. The van der Waals surface area contributed by atoms with Crippen LogP contribution in [-0.2, 0) is 30.5 Å². The SMILES string of the molecule is O=C(O)CCc1ccc2c(c1)c(CCc1ccccc1)cn2-c1ccc(OCCCc2ccncc2)cc1. The summed E-state index contributed by atoms with van der Waals surface area (Å²) in [6.07, 6.45) is 10.3. The number of carbonyl (C=O) groups is 1. The number of carboxylic acids is 1. The number of pyridine rings is 1. The van der Waals surface area contributed by atoms with E-state index in [1.54, 1.807) is 0 Å². The Morgan fingerprint density at radius 3 is 2.32 bits per heavy atom. The lowest BCUT2D eigenvalue weighted by Crippen LogP contribution is -2.00. The van der Waals surface area contributed by atoms with E-state index in [4.69, 9.17) is 9.84 Å². The average Bonchev–Trinajstić information content (AvgIpc) is 3.32. The highest BCUT2D eigenvalue weighted by molar-refractivity contribution is 5.86. The van der Waals surface area contributed by atoms with Crippen molar-refractivity contribution in [3.8, 4) is 11.4 Å². The molecule has 0 aliphatic rings. The van der Waals surface area contributed by atoms with Crippen molar-refractivity contribution in [2.75, 3.05) is 6.61 Å². The van der Waals surface area contributed by atoms with Crippen molar-refractivity contribution in [1.82, 2.24) is 9.55 Å². The summed E-state index contributed by atoms with van der Waals surface area (Å²) in [4.78, 5) is 15.2. The molecule has 2 aromatic heterocycles. The summed E-state index contributed by atoms with van der Waals surface area (Å²) >= 11 is 0. The second kappa shape index (κ2) is 12.2. The van der Waals surface area contributed by atoms with E-state index in [9.17, 15) is 4.79 Å². The first-order valence-electron chi connectivity index (χ1n) is 13.2. The third-order valence-corrected chi connectivity index (χ3v) is 6.85. The van der Waals surface area contributed by atoms with Crippen molar-refractivity contribution >= 4 is 16.9 Å². The molecule has 0 radical (unpaired) electrons. The molecule has 5 rings (SSSR count). The molecule has 0 saturated heterocycles. The topological polar surface area (TPSA) is 64.3 Å². The van der Waals surface area contributed by atoms with Crippen LogP contribution in [0.25, 0.3) is 16.6 Å². The fraction of sp³-hybridized carbons (Fsp3) is 0.212. The van der Waals surface area contributed by atoms with E-state index in [1.165, 1.54) is 22.1 Å². The highest BCUT2D eigenvalue weighted by Gasteiger charge is 2.12. The van der Waals surface area contributed by atoms with Gasteiger partial charge >= 0.3 is 5.97 Å². The van der Waals surface area contributed by atoms with E-state index in [2.05, 4.69) is 64.3 Å². The molecule has 0 fully saturated rings. The van der Waals surface area contributed by atoms with E-state index in [-0.39, 0.29) is 6.42 Å². The normalized spacial score (nSPS) is 11.1. The largest absolute Gasteiger partial charge is 0.494 e. The third kappa shape index (κ3) is 6.48. The van der Waals surface area contributed by atoms with E-state index in [1.807, 2.05) is 48.8 Å². The maximum absolute atomic E-state index is 11.1. The van der Waals surface area contributed by atoms with Gasteiger partial charge in [0.15, 0.2) is 0 Å². The summed E-state index contributed by atoms with van der Waals surface area (Å²) in [5, 5.41) is 10.3. The summed E-state index contributed by atoms with van der Waals surface area (Å²) in [6.45, 7) is 0.664. The molecule has 0 saturated carbocycles. The van der Waals surface area contributed by atoms with Crippen molar-refractivity contribution in [3.05, 3.63) is 126 Å².